The molecule has 4 N–H and O–H groups in total. The summed E-state index contributed by atoms with van der Waals surface area (Å²) in [4.78, 5) is 15.1. The fourth-order valence-electron chi connectivity index (χ4n) is 3.61. The number of phenols is 2. The van der Waals surface area contributed by atoms with E-state index in [-0.39, 0.29) is 49.8 Å². The zero-order valence-corrected chi connectivity index (χ0v) is 20.8. The van der Waals surface area contributed by atoms with Crippen molar-refractivity contribution in [1.82, 2.24) is 4.98 Å². The van der Waals surface area contributed by atoms with E-state index in [9.17, 15) is 23.4 Å². The van der Waals surface area contributed by atoms with Crippen LogP contribution in [0.1, 0.15) is 23.0 Å². The molecule has 182 valence electrons. The third-order valence-corrected chi connectivity index (χ3v) is 7.35. The van der Waals surface area contributed by atoms with Gasteiger partial charge in [0.25, 0.3) is 10.0 Å². The minimum atomic E-state index is -4.05. The number of ether oxygens (including phenoxy) is 1. The molecule has 1 aromatic heterocycles. The number of hydrogen-bond acceptors (Lipinski definition) is 6. The van der Waals surface area contributed by atoms with Gasteiger partial charge in [-0.15, -0.1) is 0 Å². The van der Waals surface area contributed by atoms with E-state index in [1.54, 1.807) is 19.1 Å². The number of aromatic nitrogens is 1. The van der Waals surface area contributed by atoms with E-state index in [1.807, 2.05) is 6.92 Å². The van der Waals surface area contributed by atoms with Crippen LogP contribution in [0.4, 0.5) is 5.69 Å². The number of esters is 1. The Bertz CT molecular complexity index is 1560. The molecule has 4 aromatic rings. The van der Waals surface area contributed by atoms with Gasteiger partial charge in [0.15, 0.2) is 0 Å². The van der Waals surface area contributed by atoms with Gasteiger partial charge in [-0.2, -0.15) is 0 Å². The predicted octanol–water partition coefficient (Wildman–Crippen LogP) is 5.84. The number of nitrogens with one attached hydrogen (secondary N) is 2. The van der Waals surface area contributed by atoms with Crippen LogP contribution in [0.3, 0.4) is 0 Å². The first-order valence-corrected chi connectivity index (χ1v) is 12.6. The highest BCUT2D eigenvalue weighted by Gasteiger charge is 2.26. The van der Waals surface area contributed by atoms with Gasteiger partial charge in [-0.25, -0.2) is 13.2 Å². The van der Waals surface area contributed by atoms with Gasteiger partial charge < -0.3 is 19.9 Å². The zero-order chi connectivity index (χ0) is 25.5. The summed E-state index contributed by atoms with van der Waals surface area (Å²) in [6, 6.07) is 11.7. The molecule has 8 nitrogen and oxygen atoms in total. The molecule has 0 saturated carbocycles. The molecule has 0 aliphatic carbocycles. The molecule has 0 amide bonds. The standard InChI is InChI=1S/C24H20Cl2N2O6S/c1-3-34-24(31)18-10-14-16(27-18)8-9-19(29)20(14)21-22(26)17(11-15(25)23(21)30)28-35(32,33)13-6-4-12(2)5-7-13/h4-11,27-30H,3H2,1-2H3. The van der Waals surface area contributed by atoms with Gasteiger partial charge in [-0.1, -0.05) is 40.9 Å². The van der Waals surface area contributed by atoms with E-state index in [1.165, 1.54) is 36.4 Å². The molecule has 0 unspecified atom stereocenters. The first-order valence-electron chi connectivity index (χ1n) is 10.4. The maximum atomic E-state index is 12.9. The SMILES string of the molecule is CCOC(=O)c1cc2c(-c3c(O)c(Cl)cc(NS(=O)(=O)c4ccc(C)cc4)c3Cl)c(O)ccc2[nH]1. The van der Waals surface area contributed by atoms with Gasteiger partial charge in [0, 0.05) is 16.5 Å². The van der Waals surface area contributed by atoms with Crippen LogP contribution in [-0.2, 0) is 14.8 Å². The van der Waals surface area contributed by atoms with Crippen molar-refractivity contribution in [1.29, 1.82) is 0 Å². The molecule has 3 aromatic carbocycles. The fraction of sp³-hybridized carbons (Fsp3) is 0.125. The lowest BCUT2D eigenvalue weighted by atomic mass is 9.98. The number of aryl methyl sites for hydroxylation is 1. The lowest BCUT2D eigenvalue weighted by Gasteiger charge is -2.17. The first kappa shape index (κ1) is 24.7. The van der Waals surface area contributed by atoms with Crippen LogP contribution in [0.2, 0.25) is 10.0 Å². The van der Waals surface area contributed by atoms with Gasteiger partial charge in [0.05, 0.1) is 32.8 Å². The van der Waals surface area contributed by atoms with Crippen LogP contribution in [-0.4, -0.2) is 36.2 Å². The Kier molecular flexibility index (Phi) is 6.59. The quantitative estimate of drug-likeness (QED) is 0.181. The largest absolute Gasteiger partial charge is 0.507 e. The maximum Gasteiger partial charge on any atom is 0.354 e. The number of sulfonamides is 1. The van der Waals surface area contributed by atoms with E-state index < -0.39 is 21.7 Å². The molecule has 4 rings (SSSR count). The Morgan fingerprint density at radius 2 is 1.74 bits per heavy atom. The number of hydrogen-bond donors (Lipinski definition) is 4. The van der Waals surface area contributed by atoms with Crippen LogP contribution in [0.25, 0.3) is 22.0 Å². The summed E-state index contributed by atoms with van der Waals surface area (Å²) in [7, 11) is -4.05. The number of fused-ring (bicyclic) bond motifs is 1. The molecule has 0 spiro atoms. The molecular weight excluding hydrogens is 515 g/mol. The van der Waals surface area contributed by atoms with Crippen LogP contribution in [0.5, 0.6) is 11.5 Å². The van der Waals surface area contributed by atoms with Crippen molar-refractivity contribution in [2.45, 2.75) is 18.7 Å². The van der Waals surface area contributed by atoms with Crippen LogP contribution >= 0.6 is 23.2 Å². The molecule has 35 heavy (non-hydrogen) atoms. The van der Waals surface area contributed by atoms with Crippen molar-refractivity contribution in [2.75, 3.05) is 11.3 Å². The van der Waals surface area contributed by atoms with E-state index in [4.69, 9.17) is 27.9 Å². The Morgan fingerprint density at radius 3 is 2.40 bits per heavy atom. The normalized spacial score (nSPS) is 11.5. The number of benzene rings is 3. The van der Waals surface area contributed by atoms with Crippen molar-refractivity contribution in [2.24, 2.45) is 0 Å². The second-order valence-corrected chi connectivity index (χ2v) is 10.2. The smallest absolute Gasteiger partial charge is 0.354 e. The number of aromatic amines is 1. The molecule has 0 atom stereocenters. The van der Waals surface area contributed by atoms with Crippen LogP contribution in [0, 0.1) is 6.92 Å². The number of H-pyrrole nitrogens is 1. The number of halogens is 2. The Hall–Kier alpha value is -3.40. The van der Waals surface area contributed by atoms with Gasteiger partial charge in [-0.3, -0.25) is 4.72 Å². The number of anilines is 1. The first-order chi connectivity index (χ1) is 16.5. The molecule has 1 heterocycles. The summed E-state index contributed by atoms with van der Waals surface area (Å²) in [5.41, 5.74) is 1.27. The maximum absolute atomic E-state index is 12.9. The van der Waals surface area contributed by atoms with Crippen molar-refractivity contribution >= 4 is 55.8 Å². The number of phenolic OH excluding ortho intramolecular Hbond substituents is 2. The summed E-state index contributed by atoms with van der Waals surface area (Å²) in [6.07, 6.45) is 0. The average Bonchev–Trinajstić information content (AvgIpc) is 3.24. The summed E-state index contributed by atoms with van der Waals surface area (Å²) < 4.78 is 33.3. The highest BCUT2D eigenvalue weighted by Crippen LogP contribution is 2.50. The lowest BCUT2D eigenvalue weighted by Crippen LogP contribution is -2.13. The van der Waals surface area contributed by atoms with Gasteiger partial charge in [0.2, 0.25) is 0 Å². The zero-order valence-electron chi connectivity index (χ0n) is 18.5. The lowest BCUT2D eigenvalue weighted by molar-refractivity contribution is 0.0520. The number of aromatic hydroxyl groups is 2. The molecule has 0 radical (unpaired) electrons. The monoisotopic (exact) mass is 534 g/mol. The Balaban J connectivity index is 1.90. The van der Waals surface area contributed by atoms with Crippen LogP contribution in [0.15, 0.2) is 53.4 Å². The molecule has 0 saturated heterocycles. The van der Waals surface area contributed by atoms with E-state index >= 15 is 0 Å². The second-order valence-electron chi connectivity index (χ2n) is 7.69. The average molecular weight is 535 g/mol. The molecule has 11 heteroatoms. The van der Waals surface area contributed by atoms with E-state index in [0.717, 1.165) is 5.56 Å². The Morgan fingerprint density at radius 1 is 1.06 bits per heavy atom. The Labute approximate surface area is 211 Å². The fourth-order valence-corrected chi connectivity index (χ4v) is 5.22. The highest BCUT2D eigenvalue weighted by molar-refractivity contribution is 7.92. The van der Waals surface area contributed by atoms with Gasteiger partial charge >= 0.3 is 5.97 Å². The van der Waals surface area contributed by atoms with Gasteiger partial charge in [0.1, 0.15) is 17.2 Å². The summed E-state index contributed by atoms with van der Waals surface area (Å²) in [6.45, 7) is 3.66. The summed E-state index contributed by atoms with van der Waals surface area (Å²) >= 11 is 12.8. The second kappa shape index (κ2) is 9.33. The summed E-state index contributed by atoms with van der Waals surface area (Å²) in [5.74, 6) is -1.36. The third-order valence-electron chi connectivity index (χ3n) is 5.29. The summed E-state index contributed by atoms with van der Waals surface area (Å²) in [5, 5.41) is 21.4. The van der Waals surface area contributed by atoms with Crippen molar-refractivity contribution in [3.63, 3.8) is 0 Å². The van der Waals surface area contributed by atoms with E-state index in [2.05, 4.69) is 9.71 Å². The minimum absolute atomic E-state index is 0.000393. The topological polar surface area (TPSA) is 129 Å². The number of carbonyl (C=O) groups excluding carboxylic acids is 1. The third kappa shape index (κ3) is 4.62. The van der Waals surface area contributed by atoms with Gasteiger partial charge in [-0.05, 0) is 50.2 Å². The highest BCUT2D eigenvalue weighted by atomic mass is 35.5. The molecular formula is C24H20Cl2N2O6S. The van der Waals surface area contributed by atoms with Crippen LogP contribution < -0.4 is 4.72 Å². The molecule has 0 bridgehead atoms. The van der Waals surface area contributed by atoms with Crippen molar-refractivity contribution < 1.29 is 28.2 Å². The molecule has 0 aliphatic heterocycles. The van der Waals surface area contributed by atoms with Crippen molar-refractivity contribution in [3.05, 3.63) is 69.8 Å². The molecule has 0 fully saturated rings. The molecule has 0 aliphatic rings. The van der Waals surface area contributed by atoms with Crippen molar-refractivity contribution in [3.8, 4) is 22.6 Å². The minimum Gasteiger partial charge on any atom is -0.507 e. The van der Waals surface area contributed by atoms with E-state index in [0.29, 0.717) is 10.9 Å². The predicted molar refractivity (Wildman–Crippen MR) is 135 cm³/mol. The number of carbonyl (C=O) groups is 1. The number of rotatable bonds is 6.